The predicted molar refractivity (Wildman–Crippen MR) is 70.0 cm³/mol. The van der Waals surface area contributed by atoms with Crippen molar-refractivity contribution in [3.63, 3.8) is 0 Å². The maximum Gasteiger partial charge on any atom is 0.0752 e. The lowest BCUT2D eigenvalue weighted by molar-refractivity contribution is 0.649. The lowest BCUT2D eigenvalue weighted by Crippen LogP contribution is -1.98. The first kappa shape index (κ1) is 11.4. The highest BCUT2D eigenvalue weighted by Gasteiger charge is 2.09. The van der Waals surface area contributed by atoms with Crippen LogP contribution in [0.4, 0.5) is 0 Å². The summed E-state index contributed by atoms with van der Waals surface area (Å²) >= 11 is 6.26. The molecule has 0 bridgehead atoms. The summed E-state index contributed by atoms with van der Waals surface area (Å²) in [5, 5.41) is 2.00. The van der Waals surface area contributed by atoms with Gasteiger partial charge in [-0.1, -0.05) is 37.6 Å². The molecule has 0 unspecified atom stereocenters. The Kier molecular flexibility index (Phi) is 3.15. The van der Waals surface area contributed by atoms with Crippen LogP contribution in [0, 0.1) is 12.8 Å². The smallest absolute Gasteiger partial charge is 0.0752 e. The fourth-order valence-corrected chi connectivity index (χ4v) is 2.15. The molecule has 1 nitrogen and oxygen atoms in total. The third-order valence-corrected chi connectivity index (χ3v) is 3.02. The van der Waals surface area contributed by atoms with Crippen molar-refractivity contribution in [1.82, 2.24) is 4.98 Å². The van der Waals surface area contributed by atoms with E-state index in [4.69, 9.17) is 11.6 Å². The molecule has 0 spiro atoms. The molecule has 2 aromatic rings. The van der Waals surface area contributed by atoms with Crippen molar-refractivity contribution in [1.29, 1.82) is 0 Å². The summed E-state index contributed by atoms with van der Waals surface area (Å²) < 4.78 is 0. The average molecular weight is 234 g/mol. The van der Waals surface area contributed by atoms with Crippen LogP contribution < -0.4 is 0 Å². The Morgan fingerprint density at radius 2 is 1.88 bits per heavy atom. The summed E-state index contributed by atoms with van der Waals surface area (Å²) in [6.07, 6.45) is 0.979. The number of hydrogen-bond acceptors (Lipinski definition) is 1. The molecule has 0 atom stereocenters. The van der Waals surface area contributed by atoms with Gasteiger partial charge < -0.3 is 0 Å². The molecule has 0 aliphatic rings. The number of pyridine rings is 1. The summed E-state index contributed by atoms with van der Waals surface area (Å²) in [7, 11) is 0. The minimum absolute atomic E-state index is 0.588. The molecule has 16 heavy (non-hydrogen) atoms. The second-order valence-electron chi connectivity index (χ2n) is 4.65. The second-order valence-corrected chi connectivity index (χ2v) is 5.06. The van der Waals surface area contributed by atoms with E-state index in [0.717, 1.165) is 22.7 Å². The molecule has 0 fully saturated rings. The molecule has 0 aliphatic heterocycles. The van der Waals surface area contributed by atoms with Gasteiger partial charge in [-0.3, -0.25) is 4.98 Å². The van der Waals surface area contributed by atoms with Gasteiger partial charge in [0, 0.05) is 16.1 Å². The number of nitrogens with zero attached hydrogens (tertiary/aromatic N) is 1. The van der Waals surface area contributed by atoms with Gasteiger partial charge in [-0.05, 0) is 37.0 Å². The molecule has 0 saturated heterocycles. The first-order valence-corrected chi connectivity index (χ1v) is 6.00. The van der Waals surface area contributed by atoms with E-state index in [-0.39, 0.29) is 0 Å². The highest BCUT2D eigenvalue weighted by Crippen LogP contribution is 2.27. The molecule has 0 N–H and O–H groups in total. The summed E-state index contributed by atoms with van der Waals surface area (Å²) in [5.74, 6) is 0.588. The van der Waals surface area contributed by atoms with Crippen LogP contribution in [-0.2, 0) is 6.42 Å². The zero-order chi connectivity index (χ0) is 11.7. The zero-order valence-corrected chi connectivity index (χ0v) is 10.7. The maximum atomic E-state index is 6.26. The quantitative estimate of drug-likeness (QED) is 0.750. The first-order chi connectivity index (χ1) is 7.58. The van der Waals surface area contributed by atoms with E-state index in [2.05, 4.69) is 24.9 Å². The number of aromatic nitrogens is 1. The molecule has 2 heteroatoms. The van der Waals surface area contributed by atoms with Gasteiger partial charge in [0.25, 0.3) is 0 Å². The fourth-order valence-electron chi connectivity index (χ4n) is 1.92. The van der Waals surface area contributed by atoms with Crippen LogP contribution in [0.3, 0.4) is 0 Å². The number of aryl methyl sites for hydroxylation is 1. The molecule has 0 aliphatic carbocycles. The molecule has 1 aromatic heterocycles. The monoisotopic (exact) mass is 233 g/mol. The normalized spacial score (nSPS) is 11.3. The largest absolute Gasteiger partial charge is 0.253 e. The average Bonchev–Trinajstić information content (AvgIpc) is 2.22. The molecule has 1 aromatic carbocycles. The van der Waals surface area contributed by atoms with E-state index in [1.54, 1.807) is 0 Å². The number of fused-ring (bicyclic) bond motifs is 1. The highest BCUT2D eigenvalue weighted by molar-refractivity contribution is 6.32. The van der Waals surface area contributed by atoms with E-state index in [1.807, 2.05) is 25.1 Å². The first-order valence-electron chi connectivity index (χ1n) is 5.62. The molecule has 2 rings (SSSR count). The molecule has 0 radical (unpaired) electrons. The minimum atomic E-state index is 0.588. The lowest BCUT2D eigenvalue weighted by atomic mass is 10.00. The number of halogens is 1. The van der Waals surface area contributed by atoms with Gasteiger partial charge in [0.15, 0.2) is 0 Å². The Morgan fingerprint density at radius 3 is 2.56 bits per heavy atom. The van der Waals surface area contributed by atoms with Gasteiger partial charge in [-0.25, -0.2) is 0 Å². The zero-order valence-electron chi connectivity index (χ0n) is 9.92. The topological polar surface area (TPSA) is 12.9 Å². The van der Waals surface area contributed by atoms with Crippen LogP contribution in [0.5, 0.6) is 0 Å². The summed E-state index contributed by atoms with van der Waals surface area (Å²) in [6, 6.07) is 8.15. The standard InChI is InChI=1S/C14H16ClN/c1-9(2)8-12-13(15)7-6-11-5-4-10(3)16-14(11)12/h4-7,9H,8H2,1-3H3. The minimum Gasteiger partial charge on any atom is -0.253 e. The molecular formula is C14H16ClN. The number of hydrogen-bond donors (Lipinski definition) is 0. The van der Waals surface area contributed by atoms with Gasteiger partial charge in [0.1, 0.15) is 0 Å². The SMILES string of the molecule is Cc1ccc2ccc(Cl)c(CC(C)C)c2n1. The predicted octanol–water partition coefficient (Wildman–Crippen LogP) is 4.40. The van der Waals surface area contributed by atoms with Crippen molar-refractivity contribution >= 4 is 22.5 Å². The van der Waals surface area contributed by atoms with Crippen molar-refractivity contribution in [2.24, 2.45) is 5.92 Å². The number of benzene rings is 1. The van der Waals surface area contributed by atoms with Gasteiger partial charge in [-0.15, -0.1) is 0 Å². The molecule has 1 heterocycles. The highest BCUT2D eigenvalue weighted by atomic mass is 35.5. The molecule has 0 amide bonds. The summed E-state index contributed by atoms with van der Waals surface area (Å²) in [4.78, 5) is 4.61. The maximum absolute atomic E-state index is 6.26. The Hall–Kier alpha value is -1.08. The van der Waals surface area contributed by atoms with E-state index in [9.17, 15) is 0 Å². The number of rotatable bonds is 2. The Balaban J connectivity index is 2.67. The third kappa shape index (κ3) is 2.19. The van der Waals surface area contributed by atoms with Crippen LogP contribution in [0.2, 0.25) is 5.02 Å². The van der Waals surface area contributed by atoms with Crippen molar-refractivity contribution < 1.29 is 0 Å². The van der Waals surface area contributed by atoms with Crippen molar-refractivity contribution in [2.75, 3.05) is 0 Å². The molecule has 0 saturated carbocycles. The van der Waals surface area contributed by atoms with E-state index in [0.29, 0.717) is 5.92 Å². The van der Waals surface area contributed by atoms with Gasteiger partial charge in [0.05, 0.1) is 5.52 Å². The molecule has 84 valence electrons. The van der Waals surface area contributed by atoms with E-state index >= 15 is 0 Å². The molecular weight excluding hydrogens is 218 g/mol. The summed E-state index contributed by atoms with van der Waals surface area (Å²) in [6.45, 7) is 6.41. The third-order valence-electron chi connectivity index (χ3n) is 2.66. The second kappa shape index (κ2) is 4.42. The van der Waals surface area contributed by atoms with Crippen molar-refractivity contribution in [3.05, 3.63) is 40.5 Å². The Bertz CT molecular complexity index is 512. The Labute approximate surface area is 101 Å². The summed E-state index contributed by atoms with van der Waals surface area (Å²) in [5.41, 5.74) is 3.28. The van der Waals surface area contributed by atoms with Crippen LogP contribution in [0.15, 0.2) is 24.3 Å². The van der Waals surface area contributed by atoms with Crippen molar-refractivity contribution in [3.8, 4) is 0 Å². The van der Waals surface area contributed by atoms with Gasteiger partial charge in [0.2, 0.25) is 0 Å². The van der Waals surface area contributed by atoms with Crippen molar-refractivity contribution in [2.45, 2.75) is 27.2 Å². The van der Waals surface area contributed by atoms with Gasteiger partial charge >= 0.3 is 0 Å². The van der Waals surface area contributed by atoms with Crippen LogP contribution in [-0.4, -0.2) is 4.98 Å². The fraction of sp³-hybridized carbons (Fsp3) is 0.357. The lowest BCUT2D eigenvalue weighted by Gasteiger charge is -2.11. The van der Waals surface area contributed by atoms with Crippen LogP contribution >= 0.6 is 11.6 Å². The van der Waals surface area contributed by atoms with Crippen LogP contribution in [0.25, 0.3) is 10.9 Å². The van der Waals surface area contributed by atoms with E-state index in [1.165, 1.54) is 10.9 Å². The van der Waals surface area contributed by atoms with Crippen LogP contribution in [0.1, 0.15) is 25.1 Å². The van der Waals surface area contributed by atoms with Gasteiger partial charge in [-0.2, -0.15) is 0 Å². The Morgan fingerprint density at radius 1 is 1.19 bits per heavy atom. The van der Waals surface area contributed by atoms with E-state index < -0.39 is 0 Å².